The standard InChI is InChI=1S/C24H28N6O4/c1-29(2)23-18-7-3-4-8-19(18)27-24(28-23)26-17-13-11-16(12-14-17)25-22(31)15-34-21-10-6-5-9-20(21)30(32)33/h3-10,16-17H,11-15H2,1-2H3,(H,25,31)(H,26,27,28)/t16-,17+. The smallest absolute Gasteiger partial charge is 0.310 e. The largest absolute Gasteiger partial charge is 0.477 e. The number of nitro benzene ring substituents is 1. The maximum atomic E-state index is 12.3. The van der Waals surface area contributed by atoms with E-state index in [1.54, 1.807) is 12.1 Å². The number of para-hydroxylation sites is 3. The van der Waals surface area contributed by atoms with E-state index in [-0.39, 0.29) is 36.0 Å². The molecule has 10 heteroatoms. The summed E-state index contributed by atoms with van der Waals surface area (Å²) in [5.41, 5.74) is 0.735. The lowest BCUT2D eigenvalue weighted by Gasteiger charge is -2.30. The number of carbonyl (C=O) groups is 1. The molecule has 1 aliphatic carbocycles. The maximum absolute atomic E-state index is 12.3. The van der Waals surface area contributed by atoms with Crippen LogP contribution in [0.1, 0.15) is 25.7 Å². The van der Waals surface area contributed by atoms with Gasteiger partial charge in [-0.1, -0.05) is 24.3 Å². The first-order valence-electron chi connectivity index (χ1n) is 11.3. The van der Waals surface area contributed by atoms with Gasteiger partial charge in [0.15, 0.2) is 12.4 Å². The first-order chi connectivity index (χ1) is 16.4. The summed E-state index contributed by atoms with van der Waals surface area (Å²) in [4.78, 5) is 34.2. The van der Waals surface area contributed by atoms with E-state index in [0.717, 1.165) is 42.4 Å². The molecule has 1 aromatic heterocycles. The summed E-state index contributed by atoms with van der Waals surface area (Å²) in [6.45, 7) is -0.263. The van der Waals surface area contributed by atoms with Gasteiger partial charge in [0.05, 0.1) is 10.4 Å². The Morgan fingerprint density at radius 3 is 2.47 bits per heavy atom. The first kappa shape index (κ1) is 23.2. The Morgan fingerprint density at radius 2 is 1.74 bits per heavy atom. The third-order valence-electron chi connectivity index (χ3n) is 5.85. The van der Waals surface area contributed by atoms with E-state index in [0.29, 0.717) is 5.95 Å². The second-order valence-electron chi connectivity index (χ2n) is 8.56. The summed E-state index contributed by atoms with van der Waals surface area (Å²) < 4.78 is 5.38. The van der Waals surface area contributed by atoms with Crippen LogP contribution < -0.4 is 20.3 Å². The number of nitrogens with one attached hydrogen (secondary N) is 2. The summed E-state index contributed by atoms with van der Waals surface area (Å²) in [6, 6.07) is 14.2. The van der Waals surface area contributed by atoms with Crippen molar-refractivity contribution in [2.24, 2.45) is 0 Å². The Morgan fingerprint density at radius 1 is 1.06 bits per heavy atom. The molecule has 0 spiro atoms. The van der Waals surface area contributed by atoms with Crippen molar-refractivity contribution in [2.45, 2.75) is 37.8 Å². The van der Waals surface area contributed by atoms with Gasteiger partial charge in [0.2, 0.25) is 5.95 Å². The minimum absolute atomic E-state index is 0.0368. The van der Waals surface area contributed by atoms with Crippen molar-refractivity contribution < 1.29 is 14.5 Å². The van der Waals surface area contributed by atoms with E-state index in [1.165, 1.54) is 12.1 Å². The Balaban J connectivity index is 1.28. The van der Waals surface area contributed by atoms with E-state index in [2.05, 4.69) is 15.6 Å². The highest BCUT2D eigenvalue weighted by Crippen LogP contribution is 2.27. The van der Waals surface area contributed by atoms with Crippen molar-refractivity contribution in [3.63, 3.8) is 0 Å². The number of nitrogens with zero attached hydrogens (tertiary/aromatic N) is 4. The highest BCUT2D eigenvalue weighted by molar-refractivity contribution is 5.90. The van der Waals surface area contributed by atoms with Crippen LogP contribution in [0.5, 0.6) is 5.75 Å². The van der Waals surface area contributed by atoms with Crippen LogP contribution in [-0.4, -0.2) is 53.6 Å². The van der Waals surface area contributed by atoms with Gasteiger partial charge in [0, 0.05) is 37.6 Å². The Hall–Kier alpha value is -3.95. The Kier molecular flexibility index (Phi) is 7.05. The molecular formula is C24H28N6O4. The van der Waals surface area contributed by atoms with Crippen LogP contribution in [-0.2, 0) is 4.79 Å². The fourth-order valence-electron chi connectivity index (χ4n) is 4.17. The number of benzene rings is 2. The summed E-state index contributed by atoms with van der Waals surface area (Å²) >= 11 is 0. The Labute approximate surface area is 197 Å². The highest BCUT2D eigenvalue weighted by atomic mass is 16.6. The first-order valence-corrected chi connectivity index (χ1v) is 11.3. The number of carbonyl (C=O) groups excluding carboxylic acids is 1. The normalized spacial score (nSPS) is 17.7. The SMILES string of the molecule is CN(C)c1nc(N[C@H]2CC[C@@H](NC(=O)COc3ccccc3[N+](=O)[O-])CC2)nc2ccccc12. The molecule has 1 saturated carbocycles. The van der Waals surface area contributed by atoms with Crippen LogP contribution in [0.15, 0.2) is 48.5 Å². The van der Waals surface area contributed by atoms with Crippen molar-refractivity contribution in [3.8, 4) is 5.75 Å². The zero-order valence-electron chi connectivity index (χ0n) is 19.2. The summed E-state index contributed by atoms with van der Waals surface area (Å²) in [5, 5.41) is 18.5. The van der Waals surface area contributed by atoms with Gasteiger partial charge in [-0.3, -0.25) is 14.9 Å². The van der Waals surface area contributed by atoms with Crippen molar-refractivity contribution in [2.75, 3.05) is 30.9 Å². The third kappa shape index (κ3) is 5.51. The summed E-state index contributed by atoms with van der Waals surface area (Å²) in [6.07, 6.45) is 3.35. The van der Waals surface area contributed by atoms with Crippen molar-refractivity contribution in [1.29, 1.82) is 0 Å². The number of rotatable bonds is 8. The molecule has 2 aromatic carbocycles. The van der Waals surface area contributed by atoms with Crippen LogP contribution in [0.2, 0.25) is 0 Å². The Bertz CT molecular complexity index is 1180. The number of nitro groups is 1. The fraction of sp³-hybridized carbons (Fsp3) is 0.375. The molecule has 1 amide bonds. The van der Waals surface area contributed by atoms with Crippen molar-refractivity contribution in [1.82, 2.24) is 15.3 Å². The lowest BCUT2D eigenvalue weighted by molar-refractivity contribution is -0.385. The molecule has 1 fully saturated rings. The highest BCUT2D eigenvalue weighted by Gasteiger charge is 2.24. The van der Waals surface area contributed by atoms with Crippen molar-refractivity contribution in [3.05, 3.63) is 58.6 Å². The lowest BCUT2D eigenvalue weighted by atomic mass is 9.91. The number of hydrogen-bond acceptors (Lipinski definition) is 8. The monoisotopic (exact) mass is 464 g/mol. The predicted molar refractivity (Wildman–Crippen MR) is 130 cm³/mol. The van der Waals surface area contributed by atoms with Gasteiger partial charge in [-0.05, 0) is 43.9 Å². The maximum Gasteiger partial charge on any atom is 0.310 e. The molecular weight excluding hydrogens is 436 g/mol. The van der Waals surface area contributed by atoms with Crippen LogP contribution in [0.25, 0.3) is 10.9 Å². The molecule has 0 bridgehead atoms. The number of hydrogen-bond donors (Lipinski definition) is 2. The van der Waals surface area contributed by atoms with E-state index in [9.17, 15) is 14.9 Å². The van der Waals surface area contributed by atoms with Gasteiger partial charge in [-0.15, -0.1) is 0 Å². The second kappa shape index (κ2) is 10.3. The number of fused-ring (bicyclic) bond motifs is 1. The molecule has 3 aromatic rings. The molecule has 1 aliphatic rings. The van der Waals surface area contributed by atoms with Crippen LogP contribution in [0.4, 0.5) is 17.5 Å². The zero-order chi connectivity index (χ0) is 24.1. The van der Waals surface area contributed by atoms with Crippen LogP contribution in [0.3, 0.4) is 0 Å². The van der Waals surface area contributed by atoms with Crippen LogP contribution >= 0.6 is 0 Å². The minimum Gasteiger partial charge on any atom is -0.477 e. The average Bonchev–Trinajstić information content (AvgIpc) is 2.83. The minimum atomic E-state index is -0.526. The van der Waals surface area contributed by atoms with E-state index >= 15 is 0 Å². The van der Waals surface area contributed by atoms with E-state index in [4.69, 9.17) is 9.72 Å². The van der Waals surface area contributed by atoms with Crippen LogP contribution in [0, 0.1) is 10.1 Å². The quantitative estimate of drug-likeness (QED) is 0.383. The number of aromatic nitrogens is 2. The van der Waals surface area contributed by atoms with Crippen molar-refractivity contribution >= 4 is 34.3 Å². The third-order valence-corrected chi connectivity index (χ3v) is 5.85. The van der Waals surface area contributed by atoms with Gasteiger partial charge in [0.25, 0.3) is 5.91 Å². The topological polar surface area (TPSA) is 123 Å². The molecule has 0 atom stereocenters. The van der Waals surface area contributed by atoms with E-state index < -0.39 is 4.92 Å². The summed E-state index contributed by atoms with van der Waals surface area (Å²) in [5.74, 6) is 1.27. The molecule has 0 unspecified atom stereocenters. The lowest BCUT2D eigenvalue weighted by Crippen LogP contribution is -2.42. The predicted octanol–water partition coefficient (Wildman–Crippen LogP) is 3.52. The molecule has 0 radical (unpaired) electrons. The molecule has 10 nitrogen and oxygen atoms in total. The second-order valence-corrected chi connectivity index (χ2v) is 8.56. The molecule has 178 valence electrons. The van der Waals surface area contributed by atoms with E-state index in [1.807, 2.05) is 43.3 Å². The van der Waals surface area contributed by atoms with Gasteiger partial charge >= 0.3 is 5.69 Å². The fourth-order valence-corrected chi connectivity index (χ4v) is 4.17. The number of anilines is 2. The van der Waals surface area contributed by atoms with Gasteiger partial charge in [-0.2, -0.15) is 4.98 Å². The van der Waals surface area contributed by atoms with Gasteiger partial charge in [-0.25, -0.2) is 4.98 Å². The van der Waals surface area contributed by atoms with Gasteiger partial charge < -0.3 is 20.3 Å². The molecule has 0 aliphatic heterocycles. The zero-order valence-corrected chi connectivity index (χ0v) is 19.2. The van der Waals surface area contributed by atoms with Gasteiger partial charge in [0.1, 0.15) is 5.82 Å². The molecule has 34 heavy (non-hydrogen) atoms. The average molecular weight is 465 g/mol. The molecule has 4 rings (SSSR count). The molecule has 2 N–H and O–H groups in total. The number of ether oxygens (including phenoxy) is 1. The summed E-state index contributed by atoms with van der Waals surface area (Å²) in [7, 11) is 3.93. The molecule has 1 heterocycles. The molecule has 0 saturated heterocycles. The number of amides is 1.